The van der Waals surface area contributed by atoms with Gasteiger partial charge in [0.1, 0.15) is 30.3 Å². The van der Waals surface area contributed by atoms with Crippen LogP contribution in [0.1, 0.15) is 20.7 Å². The molecule has 31 heavy (non-hydrogen) atoms. The molecule has 10 heteroatoms. The normalized spacial score (nSPS) is 12.5. The number of carbonyl (C=O) groups is 3. The van der Waals surface area contributed by atoms with Crippen molar-refractivity contribution in [2.24, 2.45) is 0 Å². The van der Waals surface area contributed by atoms with Gasteiger partial charge in [-0.25, -0.2) is 15.0 Å². The van der Waals surface area contributed by atoms with Crippen molar-refractivity contribution in [2.45, 2.75) is 0 Å². The number of amides is 3. The van der Waals surface area contributed by atoms with E-state index in [-0.39, 0.29) is 13.1 Å². The van der Waals surface area contributed by atoms with E-state index < -0.39 is 17.7 Å². The third-order valence-electron chi connectivity index (χ3n) is 4.52. The predicted molar refractivity (Wildman–Crippen MR) is 113 cm³/mol. The van der Waals surface area contributed by atoms with Crippen LogP contribution in [-0.4, -0.2) is 57.2 Å². The fourth-order valence-corrected chi connectivity index (χ4v) is 3.06. The number of aromatic nitrogens is 3. The van der Waals surface area contributed by atoms with Crippen LogP contribution in [0.25, 0.3) is 0 Å². The van der Waals surface area contributed by atoms with Gasteiger partial charge in [0.15, 0.2) is 0 Å². The van der Waals surface area contributed by atoms with Gasteiger partial charge in [0.2, 0.25) is 5.91 Å². The first-order valence-corrected chi connectivity index (χ1v) is 9.58. The van der Waals surface area contributed by atoms with E-state index in [0.29, 0.717) is 35.1 Å². The van der Waals surface area contributed by atoms with Crippen molar-refractivity contribution in [3.05, 3.63) is 72.2 Å². The van der Waals surface area contributed by atoms with Crippen LogP contribution in [0, 0.1) is 0 Å². The van der Waals surface area contributed by atoms with Crippen LogP contribution < -0.4 is 16.0 Å². The number of hydrogen-bond acceptors (Lipinski definition) is 8. The summed E-state index contributed by atoms with van der Waals surface area (Å²) in [5.41, 5.74) is 0.640. The minimum atomic E-state index is -0.456. The van der Waals surface area contributed by atoms with E-state index in [2.05, 4.69) is 30.9 Å². The molecule has 156 valence electrons. The molecular weight excluding hydrogens is 398 g/mol. The van der Waals surface area contributed by atoms with E-state index in [4.69, 9.17) is 0 Å². The molecule has 4 rings (SSSR count). The Morgan fingerprint density at radius 1 is 0.839 bits per heavy atom. The number of carbonyl (C=O) groups excluding carboxylic acids is 3. The molecule has 0 unspecified atom stereocenters. The molecule has 0 spiro atoms. The van der Waals surface area contributed by atoms with Crippen LogP contribution in [0.2, 0.25) is 0 Å². The monoisotopic (exact) mass is 417 g/mol. The Balaban J connectivity index is 1.23. The van der Waals surface area contributed by atoms with Crippen molar-refractivity contribution in [1.82, 2.24) is 25.2 Å². The highest BCUT2D eigenvalue weighted by Crippen LogP contribution is 2.21. The number of rotatable bonds is 8. The average molecular weight is 417 g/mol. The molecule has 3 amide bonds. The van der Waals surface area contributed by atoms with Gasteiger partial charge >= 0.3 is 0 Å². The third kappa shape index (κ3) is 4.64. The Morgan fingerprint density at radius 2 is 1.55 bits per heavy atom. The van der Waals surface area contributed by atoms with Crippen LogP contribution in [0.5, 0.6) is 0 Å². The molecular formula is C21H19N7O3. The summed E-state index contributed by atoms with van der Waals surface area (Å²) in [6, 6.07) is 13.7. The number of nitrogens with zero attached hydrogens (tertiary/aromatic N) is 4. The van der Waals surface area contributed by atoms with Gasteiger partial charge in [-0.2, -0.15) is 0 Å². The molecule has 2 aromatic heterocycles. The molecule has 3 N–H and O–H groups in total. The van der Waals surface area contributed by atoms with Gasteiger partial charge in [0, 0.05) is 25.4 Å². The number of anilines is 3. The summed E-state index contributed by atoms with van der Waals surface area (Å²) < 4.78 is 0. The zero-order valence-electron chi connectivity index (χ0n) is 16.4. The van der Waals surface area contributed by atoms with Gasteiger partial charge < -0.3 is 16.0 Å². The van der Waals surface area contributed by atoms with Gasteiger partial charge in [-0.15, -0.1) is 0 Å². The third-order valence-corrected chi connectivity index (χ3v) is 4.52. The van der Waals surface area contributed by atoms with Crippen molar-refractivity contribution in [3.8, 4) is 0 Å². The zero-order chi connectivity index (χ0) is 21.6. The van der Waals surface area contributed by atoms with Crippen molar-refractivity contribution in [3.63, 3.8) is 0 Å². The molecule has 0 aliphatic carbocycles. The lowest BCUT2D eigenvalue weighted by atomic mass is 10.1. The summed E-state index contributed by atoms with van der Waals surface area (Å²) >= 11 is 0. The van der Waals surface area contributed by atoms with E-state index >= 15 is 0 Å². The Kier molecular flexibility index (Phi) is 5.79. The maximum absolute atomic E-state index is 12.3. The van der Waals surface area contributed by atoms with E-state index in [1.807, 2.05) is 18.2 Å². The number of nitrogens with one attached hydrogen (secondary N) is 3. The fourth-order valence-electron chi connectivity index (χ4n) is 3.06. The number of hydrogen-bond donors (Lipinski definition) is 3. The van der Waals surface area contributed by atoms with Crippen molar-refractivity contribution < 1.29 is 14.4 Å². The lowest BCUT2D eigenvalue weighted by Crippen LogP contribution is -2.41. The molecule has 0 radical (unpaired) electrons. The summed E-state index contributed by atoms with van der Waals surface area (Å²) in [7, 11) is 0. The van der Waals surface area contributed by atoms with Gasteiger partial charge in [0.25, 0.3) is 11.8 Å². The summed E-state index contributed by atoms with van der Waals surface area (Å²) in [4.78, 5) is 50.2. The highest BCUT2D eigenvalue weighted by Gasteiger charge is 2.36. The molecule has 0 atom stereocenters. The quantitative estimate of drug-likeness (QED) is 0.371. The van der Waals surface area contributed by atoms with Gasteiger partial charge in [-0.1, -0.05) is 18.2 Å². The van der Waals surface area contributed by atoms with Gasteiger partial charge in [-0.3, -0.25) is 19.3 Å². The minimum absolute atomic E-state index is 0.287. The summed E-state index contributed by atoms with van der Waals surface area (Å²) in [6.07, 6.45) is 3.09. The van der Waals surface area contributed by atoms with Crippen molar-refractivity contribution in [1.29, 1.82) is 0 Å². The van der Waals surface area contributed by atoms with E-state index in [1.54, 1.807) is 36.5 Å². The minimum Gasteiger partial charge on any atom is -0.368 e. The molecule has 3 heterocycles. The van der Waals surface area contributed by atoms with Gasteiger partial charge in [0.05, 0.1) is 11.1 Å². The average Bonchev–Trinajstić information content (AvgIpc) is 3.03. The second kappa shape index (κ2) is 8.99. The van der Waals surface area contributed by atoms with Crippen molar-refractivity contribution in [2.75, 3.05) is 30.3 Å². The Bertz CT molecular complexity index is 1090. The number of benzene rings is 1. The van der Waals surface area contributed by atoms with Crippen LogP contribution in [-0.2, 0) is 4.79 Å². The summed E-state index contributed by atoms with van der Waals surface area (Å²) in [5.74, 6) is 0.476. The maximum atomic E-state index is 12.3. The Hall–Kier alpha value is -4.34. The Morgan fingerprint density at radius 3 is 2.26 bits per heavy atom. The zero-order valence-corrected chi connectivity index (χ0v) is 16.4. The van der Waals surface area contributed by atoms with Crippen molar-refractivity contribution >= 4 is 35.2 Å². The molecule has 10 nitrogen and oxygen atoms in total. The molecule has 0 bridgehead atoms. The van der Waals surface area contributed by atoms with Crippen LogP contribution >= 0.6 is 0 Å². The van der Waals surface area contributed by atoms with Crippen LogP contribution in [0.4, 0.5) is 17.5 Å². The lowest BCUT2D eigenvalue weighted by molar-refractivity contribution is -0.121. The van der Waals surface area contributed by atoms with E-state index in [0.717, 1.165) is 4.90 Å². The van der Waals surface area contributed by atoms with Crippen LogP contribution in [0.15, 0.2) is 61.1 Å². The van der Waals surface area contributed by atoms with Crippen LogP contribution in [0.3, 0.4) is 0 Å². The standard InChI is InChI=1S/C21H19N7O3/c29-19(12-28-20(30)14-5-1-2-6-15(14)21(28)31)24-10-9-23-17-11-18(26-13-25-17)27-16-7-3-4-8-22-16/h1-8,11,13H,9-10,12H2,(H,24,29)(H2,22,23,25,26,27). The smallest absolute Gasteiger partial charge is 0.262 e. The topological polar surface area (TPSA) is 129 Å². The maximum Gasteiger partial charge on any atom is 0.262 e. The highest BCUT2D eigenvalue weighted by atomic mass is 16.2. The number of fused-ring (bicyclic) bond motifs is 1. The van der Waals surface area contributed by atoms with E-state index in [9.17, 15) is 14.4 Å². The molecule has 1 aliphatic heterocycles. The second-order valence-corrected chi connectivity index (χ2v) is 6.65. The first-order chi connectivity index (χ1) is 15.1. The summed E-state index contributed by atoms with van der Waals surface area (Å²) in [6.45, 7) is 0.362. The largest absolute Gasteiger partial charge is 0.368 e. The van der Waals surface area contributed by atoms with Gasteiger partial charge in [-0.05, 0) is 24.3 Å². The van der Waals surface area contributed by atoms with E-state index in [1.165, 1.54) is 6.33 Å². The Labute approximate surface area is 177 Å². The molecule has 0 saturated heterocycles. The molecule has 1 aromatic carbocycles. The molecule has 0 saturated carbocycles. The first kappa shape index (κ1) is 20.0. The fraction of sp³-hybridized carbons (Fsp3) is 0.143. The number of imide groups is 1. The SMILES string of the molecule is O=C(CN1C(=O)c2ccccc2C1=O)NCCNc1cc(Nc2ccccn2)ncn1. The number of pyridine rings is 1. The molecule has 3 aromatic rings. The summed E-state index contributed by atoms with van der Waals surface area (Å²) in [5, 5.41) is 8.83. The highest BCUT2D eigenvalue weighted by molar-refractivity contribution is 6.22. The molecule has 1 aliphatic rings. The lowest BCUT2D eigenvalue weighted by Gasteiger charge is -2.14. The first-order valence-electron chi connectivity index (χ1n) is 9.58. The predicted octanol–water partition coefficient (Wildman–Crippen LogP) is 1.44. The molecule has 0 fully saturated rings. The second-order valence-electron chi connectivity index (χ2n) is 6.65.